The van der Waals surface area contributed by atoms with Gasteiger partial charge in [0.25, 0.3) is 0 Å². The molecule has 0 bridgehead atoms. The van der Waals surface area contributed by atoms with E-state index in [1.165, 1.54) is 6.07 Å². The van der Waals surface area contributed by atoms with Crippen molar-refractivity contribution >= 4 is 21.9 Å². The average Bonchev–Trinajstić information content (AvgIpc) is 2.37. The zero-order chi connectivity index (χ0) is 16.0. The number of hydrogen-bond acceptors (Lipinski definition) is 4. The van der Waals surface area contributed by atoms with Gasteiger partial charge in [0, 0.05) is 5.33 Å². The number of carbonyl (C=O) groups excluding carboxylic acids is 1. The molecule has 0 heterocycles. The van der Waals surface area contributed by atoms with E-state index in [1.807, 2.05) is 0 Å². The van der Waals surface area contributed by atoms with Crippen molar-refractivity contribution in [3.05, 3.63) is 28.8 Å². The first kappa shape index (κ1) is 17.3. The maximum absolute atomic E-state index is 12.3. The lowest BCUT2D eigenvalue weighted by Crippen LogP contribution is -2.19. The van der Waals surface area contributed by atoms with Crippen molar-refractivity contribution in [2.75, 3.05) is 6.61 Å². The Bertz CT molecular complexity index is 567. The van der Waals surface area contributed by atoms with Crippen molar-refractivity contribution in [1.82, 2.24) is 0 Å². The Morgan fingerprint density at radius 3 is 2.57 bits per heavy atom. The van der Waals surface area contributed by atoms with Crippen LogP contribution >= 0.6 is 15.9 Å². The molecule has 0 radical (unpaired) electrons. The average molecular weight is 366 g/mol. The molecule has 0 atom stereocenters. The van der Waals surface area contributed by atoms with E-state index < -0.39 is 18.1 Å². The van der Waals surface area contributed by atoms with Gasteiger partial charge in [-0.2, -0.15) is 5.26 Å². The molecule has 8 heteroatoms. The van der Waals surface area contributed by atoms with Crippen LogP contribution in [0, 0.1) is 11.3 Å². The molecule has 1 aromatic carbocycles. The molecular weight excluding hydrogens is 355 g/mol. The van der Waals surface area contributed by atoms with Crippen molar-refractivity contribution in [2.24, 2.45) is 0 Å². The monoisotopic (exact) mass is 365 g/mol. The zero-order valence-electron chi connectivity index (χ0n) is 11.0. The highest BCUT2D eigenvalue weighted by Crippen LogP contribution is 2.31. The number of esters is 1. The summed E-state index contributed by atoms with van der Waals surface area (Å²) in [7, 11) is 0. The lowest BCUT2D eigenvalue weighted by Gasteiger charge is -2.15. The summed E-state index contributed by atoms with van der Waals surface area (Å²) in [6.07, 6.45) is -5.21. The van der Waals surface area contributed by atoms with Crippen LogP contribution in [0.5, 0.6) is 5.75 Å². The number of ether oxygens (including phenoxy) is 2. The van der Waals surface area contributed by atoms with Crippen LogP contribution < -0.4 is 4.74 Å². The third-order valence-corrected chi connectivity index (χ3v) is 3.08. The van der Waals surface area contributed by atoms with Crippen molar-refractivity contribution in [3.8, 4) is 11.8 Å². The van der Waals surface area contributed by atoms with Gasteiger partial charge < -0.3 is 9.47 Å². The quantitative estimate of drug-likeness (QED) is 0.592. The van der Waals surface area contributed by atoms with E-state index in [9.17, 15) is 18.0 Å². The highest BCUT2D eigenvalue weighted by atomic mass is 79.9. The molecule has 0 amide bonds. The Kier molecular flexibility index (Phi) is 6.03. The number of benzene rings is 1. The van der Waals surface area contributed by atoms with Gasteiger partial charge in [0.05, 0.1) is 18.6 Å². The normalized spacial score (nSPS) is 10.9. The maximum Gasteiger partial charge on any atom is 0.573 e. The molecule has 0 aliphatic rings. The van der Waals surface area contributed by atoms with E-state index in [0.29, 0.717) is 5.56 Å². The van der Waals surface area contributed by atoms with E-state index in [2.05, 4.69) is 20.7 Å². The van der Waals surface area contributed by atoms with Gasteiger partial charge in [-0.15, -0.1) is 13.2 Å². The van der Waals surface area contributed by atoms with Gasteiger partial charge in [0.1, 0.15) is 11.8 Å². The summed E-state index contributed by atoms with van der Waals surface area (Å²) in [5, 5.41) is 9.37. The smallest absolute Gasteiger partial charge is 0.466 e. The predicted molar refractivity (Wildman–Crippen MR) is 70.8 cm³/mol. The fraction of sp³-hybridized carbons (Fsp3) is 0.385. The molecule has 0 aliphatic carbocycles. The number of carbonyl (C=O) groups is 1. The fourth-order valence-corrected chi connectivity index (χ4v) is 2.21. The largest absolute Gasteiger partial charge is 0.573 e. The summed E-state index contributed by atoms with van der Waals surface area (Å²) in [5.41, 5.74) is 0.362. The van der Waals surface area contributed by atoms with Crippen LogP contribution in [-0.4, -0.2) is 18.9 Å². The molecule has 114 valence electrons. The molecule has 4 nitrogen and oxygen atoms in total. The molecular formula is C13H11BrF3NO3. The van der Waals surface area contributed by atoms with E-state index in [4.69, 9.17) is 10.00 Å². The van der Waals surface area contributed by atoms with Crippen LogP contribution in [0.2, 0.25) is 0 Å². The molecule has 0 saturated heterocycles. The maximum atomic E-state index is 12.3. The van der Waals surface area contributed by atoms with Crippen molar-refractivity contribution in [2.45, 2.75) is 25.0 Å². The topological polar surface area (TPSA) is 59.3 Å². The van der Waals surface area contributed by atoms with Gasteiger partial charge >= 0.3 is 12.3 Å². The zero-order valence-corrected chi connectivity index (χ0v) is 12.5. The first-order valence-corrected chi connectivity index (χ1v) is 6.96. The summed E-state index contributed by atoms with van der Waals surface area (Å²) in [4.78, 5) is 11.5. The lowest BCUT2D eigenvalue weighted by molar-refractivity contribution is -0.274. The second-order valence-electron chi connectivity index (χ2n) is 3.85. The molecule has 1 rings (SSSR count). The summed E-state index contributed by atoms with van der Waals surface area (Å²) < 4.78 is 45.5. The van der Waals surface area contributed by atoms with E-state index in [-0.39, 0.29) is 29.5 Å². The van der Waals surface area contributed by atoms with Crippen LogP contribution in [-0.2, 0) is 21.3 Å². The third kappa shape index (κ3) is 4.93. The van der Waals surface area contributed by atoms with Crippen molar-refractivity contribution in [1.29, 1.82) is 5.26 Å². The molecule has 0 aliphatic heterocycles. The van der Waals surface area contributed by atoms with E-state index in [1.54, 1.807) is 13.0 Å². The minimum atomic E-state index is -4.91. The van der Waals surface area contributed by atoms with E-state index >= 15 is 0 Å². The van der Waals surface area contributed by atoms with Gasteiger partial charge in [-0.25, -0.2) is 0 Å². The van der Waals surface area contributed by atoms with Crippen LogP contribution in [0.1, 0.15) is 23.6 Å². The lowest BCUT2D eigenvalue weighted by atomic mass is 9.99. The van der Waals surface area contributed by atoms with Crippen molar-refractivity contribution in [3.63, 3.8) is 0 Å². The summed E-state index contributed by atoms with van der Waals surface area (Å²) in [6.45, 7) is 1.75. The van der Waals surface area contributed by atoms with Gasteiger partial charge in [0.15, 0.2) is 0 Å². The molecule has 0 fully saturated rings. The fourth-order valence-electron chi connectivity index (χ4n) is 1.69. The molecule has 0 spiro atoms. The standard InChI is InChI=1S/C13H11BrF3NO3/c1-2-20-12(19)5-9-8(6-14)3-4-11(10(9)7-18)21-13(15,16)17/h3-4H,2,5-6H2,1H3. The van der Waals surface area contributed by atoms with Gasteiger partial charge in [-0.05, 0) is 24.1 Å². The number of alkyl halides is 4. The molecule has 0 N–H and O–H groups in total. The summed E-state index contributed by atoms with van der Waals surface area (Å²) >= 11 is 3.16. The second kappa shape index (κ2) is 7.31. The molecule has 0 unspecified atom stereocenters. The number of hydrogen-bond donors (Lipinski definition) is 0. The molecule has 1 aromatic rings. The first-order chi connectivity index (χ1) is 9.82. The first-order valence-electron chi connectivity index (χ1n) is 5.84. The summed E-state index contributed by atoms with van der Waals surface area (Å²) in [6, 6.07) is 4.07. The van der Waals surface area contributed by atoms with Crippen LogP contribution in [0.15, 0.2) is 12.1 Å². The SMILES string of the molecule is CCOC(=O)Cc1c(CBr)ccc(OC(F)(F)F)c1C#N. The minimum absolute atomic E-state index is 0.142. The van der Waals surface area contributed by atoms with Crippen LogP contribution in [0.25, 0.3) is 0 Å². The van der Waals surface area contributed by atoms with E-state index in [0.717, 1.165) is 6.07 Å². The van der Waals surface area contributed by atoms with Crippen LogP contribution in [0.4, 0.5) is 13.2 Å². The van der Waals surface area contributed by atoms with Gasteiger partial charge in [-0.3, -0.25) is 4.79 Å². The predicted octanol–water partition coefficient (Wildman–Crippen LogP) is 3.46. The van der Waals surface area contributed by atoms with Crippen molar-refractivity contribution < 1.29 is 27.4 Å². The second-order valence-corrected chi connectivity index (χ2v) is 4.41. The number of rotatable bonds is 5. The third-order valence-electron chi connectivity index (χ3n) is 2.48. The summed E-state index contributed by atoms with van der Waals surface area (Å²) in [5.74, 6) is -1.26. The Labute approximate surface area is 127 Å². The molecule has 0 saturated carbocycles. The Hall–Kier alpha value is -1.75. The number of halogens is 4. The highest BCUT2D eigenvalue weighted by molar-refractivity contribution is 9.08. The molecule has 21 heavy (non-hydrogen) atoms. The van der Waals surface area contributed by atoms with Gasteiger partial charge in [-0.1, -0.05) is 22.0 Å². The molecule has 0 aromatic heterocycles. The van der Waals surface area contributed by atoms with Crippen LogP contribution in [0.3, 0.4) is 0 Å². The number of nitriles is 1. The Morgan fingerprint density at radius 1 is 1.43 bits per heavy atom. The Morgan fingerprint density at radius 2 is 2.10 bits per heavy atom. The van der Waals surface area contributed by atoms with Gasteiger partial charge in [0.2, 0.25) is 0 Å². The Balaban J connectivity index is 3.27. The minimum Gasteiger partial charge on any atom is -0.466 e. The number of nitrogens with zero attached hydrogens (tertiary/aromatic N) is 1. The highest BCUT2D eigenvalue weighted by Gasteiger charge is 2.33.